The summed E-state index contributed by atoms with van der Waals surface area (Å²) in [5.41, 5.74) is 0.110. The summed E-state index contributed by atoms with van der Waals surface area (Å²) < 4.78 is 0. The number of nitrogens with zero attached hydrogens (tertiary/aromatic N) is 1. The summed E-state index contributed by atoms with van der Waals surface area (Å²) >= 11 is 0. The lowest BCUT2D eigenvalue weighted by molar-refractivity contribution is -0.144. The third kappa shape index (κ3) is 5.23. The minimum Gasteiger partial charge on any atom is -0.354 e. The molecule has 1 saturated carbocycles. The number of piperidine rings is 1. The molecule has 1 aliphatic carbocycles. The van der Waals surface area contributed by atoms with Crippen molar-refractivity contribution in [2.45, 2.75) is 92.5 Å². The zero-order chi connectivity index (χ0) is 19.5. The first-order valence-corrected chi connectivity index (χ1v) is 10.6. The van der Waals surface area contributed by atoms with E-state index in [1.807, 2.05) is 13.8 Å². The van der Waals surface area contributed by atoms with Crippen LogP contribution in [0.5, 0.6) is 0 Å². The third-order valence-electron chi connectivity index (χ3n) is 6.46. The standard InChI is InChI=1S/C22H40N2O2/c1-16(2)15-21(5,6)20(26)24-13-11-22(12-14-24)9-7-18(8-10-22)19(25)23-17(3)4/h16-18H,7-15H2,1-6H3,(H,23,25). The van der Waals surface area contributed by atoms with Gasteiger partial charge in [0.25, 0.3) is 0 Å². The summed E-state index contributed by atoms with van der Waals surface area (Å²) in [6, 6.07) is 0.224. The number of hydrogen-bond donors (Lipinski definition) is 1. The van der Waals surface area contributed by atoms with Crippen LogP contribution in [0.2, 0.25) is 0 Å². The third-order valence-corrected chi connectivity index (χ3v) is 6.46. The van der Waals surface area contributed by atoms with E-state index in [0.717, 1.165) is 58.0 Å². The van der Waals surface area contributed by atoms with Crippen molar-refractivity contribution < 1.29 is 9.59 Å². The molecule has 1 heterocycles. The maximum Gasteiger partial charge on any atom is 0.228 e. The second-order valence-electron chi connectivity index (χ2n) is 10.2. The van der Waals surface area contributed by atoms with Gasteiger partial charge in [-0.15, -0.1) is 0 Å². The molecular weight excluding hydrogens is 324 g/mol. The summed E-state index contributed by atoms with van der Waals surface area (Å²) in [6.45, 7) is 14.4. The molecule has 0 atom stereocenters. The van der Waals surface area contributed by atoms with Gasteiger partial charge < -0.3 is 10.2 Å². The van der Waals surface area contributed by atoms with Crippen molar-refractivity contribution in [1.82, 2.24) is 10.2 Å². The van der Waals surface area contributed by atoms with Gasteiger partial charge in [0.05, 0.1) is 0 Å². The Hall–Kier alpha value is -1.06. The molecule has 0 unspecified atom stereocenters. The van der Waals surface area contributed by atoms with E-state index < -0.39 is 0 Å². The van der Waals surface area contributed by atoms with E-state index in [-0.39, 0.29) is 23.3 Å². The second-order valence-corrected chi connectivity index (χ2v) is 10.2. The van der Waals surface area contributed by atoms with Gasteiger partial charge in [0.2, 0.25) is 11.8 Å². The van der Waals surface area contributed by atoms with Crippen LogP contribution in [-0.2, 0) is 9.59 Å². The fourth-order valence-corrected chi connectivity index (χ4v) is 5.11. The van der Waals surface area contributed by atoms with Crippen molar-refractivity contribution in [1.29, 1.82) is 0 Å². The summed E-state index contributed by atoms with van der Waals surface area (Å²) in [5, 5.41) is 3.07. The maximum absolute atomic E-state index is 12.9. The molecule has 26 heavy (non-hydrogen) atoms. The predicted molar refractivity (Wildman–Crippen MR) is 107 cm³/mol. The monoisotopic (exact) mass is 364 g/mol. The SMILES string of the molecule is CC(C)CC(C)(C)C(=O)N1CCC2(CCC(C(=O)NC(C)C)CC2)CC1. The van der Waals surface area contributed by atoms with Crippen LogP contribution in [-0.4, -0.2) is 35.8 Å². The van der Waals surface area contributed by atoms with Crippen LogP contribution in [0.15, 0.2) is 0 Å². The summed E-state index contributed by atoms with van der Waals surface area (Å²) in [4.78, 5) is 27.3. The molecule has 1 spiro atoms. The van der Waals surface area contributed by atoms with E-state index in [0.29, 0.717) is 17.2 Å². The zero-order valence-corrected chi connectivity index (χ0v) is 17.9. The Balaban J connectivity index is 1.85. The van der Waals surface area contributed by atoms with Crippen LogP contribution >= 0.6 is 0 Å². The molecule has 2 fully saturated rings. The van der Waals surface area contributed by atoms with Crippen LogP contribution in [0, 0.1) is 22.7 Å². The minimum absolute atomic E-state index is 0.188. The highest BCUT2D eigenvalue weighted by Gasteiger charge is 2.42. The molecule has 0 aromatic heterocycles. The highest BCUT2D eigenvalue weighted by atomic mass is 16.2. The van der Waals surface area contributed by atoms with E-state index in [2.05, 4.69) is 37.9 Å². The molecule has 1 aliphatic heterocycles. The topological polar surface area (TPSA) is 49.4 Å². The Morgan fingerprint density at radius 2 is 1.58 bits per heavy atom. The molecule has 1 saturated heterocycles. The quantitative estimate of drug-likeness (QED) is 0.787. The molecule has 4 heteroatoms. The molecule has 0 bridgehead atoms. The molecular formula is C22H40N2O2. The van der Waals surface area contributed by atoms with Crippen LogP contribution in [0.3, 0.4) is 0 Å². The number of nitrogens with one attached hydrogen (secondary N) is 1. The van der Waals surface area contributed by atoms with E-state index in [9.17, 15) is 9.59 Å². The van der Waals surface area contributed by atoms with Gasteiger partial charge in [0, 0.05) is 30.5 Å². The van der Waals surface area contributed by atoms with Crippen molar-refractivity contribution in [2.24, 2.45) is 22.7 Å². The number of carbonyl (C=O) groups is 2. The van der Waals surface area contributed by atoms with Crippen molar-refractivity contribution in [3.63, 3.8) is 0 Å². The van der Waals surface area contributed by atoms with Gasteiger partial charge in [0.15, 0.2) is 0 Å². The largest absolute Gasteiger partial charge is 0.354 e. The van der Waals surface area contributed by atoms with Crippen LogP contribution < -0.4 is 5.32 Å². The smallest absolute Gasteiger partial charge is 0.228 e. The van der Waals surface area contributed by atoms with E-state index in [4.69, 9.17) is 0 Å². The number of hydrogen-bond acceptors (Lipinski definition) is 2. The van der Waals surface area contributed by atoms with Gasteiger partial charge in [-0.1, -0.05) is 27.7 Å². The molecule has 1 N–H and O–H groups in total. The first kappa shape index (κ1) is 21.2. The summed E-state index contributed by atoms with van der Waals surface area (Å²) in [6.07, 6.45) is 7.45. The minimum atomic E-state index is -0.259. The number of carbonyl (C=O) groups excluding carboxylic acids is 2. The Morgan fingerprint density at radius 1 is 1.04 bits per heavy atom. The first-order valence-electron chi connectivity index (χ1n) is 10.6. The molecule has 0 aromatic carbocycles. The molecule has 0 aromatic rings. The Bertz CT molecular complexity index is 492. The van der Waals surface area contributed by atoms with Crippen LogP contribution in [0.1, 0.15) is 86.5 Å². The summed E-state index contributed by atoms with van der Waals surface area (Å²) in [5.74, 6) is 1.29. The molecule has 0 radical (unpaired) electrons. The fourth-order valence-electron chi connectivity index (χ4n) is 5.11. The van der Waals surface area contributed by atoms with Crippen molar-refractivity contribution >= 4 is 11.8 Å². The Kier molecular flexibility index (Phi) is 6.79. The maximum atomic E-state index is 12.9. The van der Waals surface area contributed by atoms with Gasteiger partial charge in [-0.05, 0) is 70.1 Å². The average molecular weight is 365 g/mol. The van der Waals surface area contributed by atoms with Gasteiger partial charge >= 0.3 is 0 Å². The zero-order valence-electron chi connectivity index (χ0n) is 17.9. The van der Waals surface area contributed by atoms with Gasteiger partial charge in [-0.25, -0.2) is 0 Å². The van der Waals surface area contributed by atoms with E-state index >= 15 is 0 Å². The number of likely N-dealkylation sites (tertiary alicyclic amines) is 1. The van der Waals surface area contributed by atoms with E-state index in [1.165, 1.54) is 0 Å². The number of rotatable bonds is 5. The van der Waals surface area contributed by atoms with Crippen molar-refractivity contribution in [3.05, 3.63) is 0 Å². The van der Waals surface area contributed by atoms with Gasteiger partial charge in [-0.3, -0.25) is 9.59 Å². The Labute approximate surface area is 160 Å². The molecule has 2 aliphatic rings. The highest BCUT2D eigenvalue weighted by molar-refractivity contribution is 5.82. The molecule has 4 nitrogen and oxygen atoms in total. The van der Waals surface area contributed by atoms with Crippen molar-refractivity contribution in [2.75, 3.05) is 13.1 Å². The summed E-state index contributed by atoms with van der Waals surface area (Å²) in [7, 11) is 0. The fraction of sp³-hybridized carbons (Fsp3) is 0.909. The van der Waals surface area contributed by atoms with Gasteiger partial charge in [0.1, 0.15) is 0 Å². The number of amides is 2. The molecule has 2 rings (SSSR count). The highest BCUT2D eigenvalue weighted by Crippen LogP contribution is 2.47. The first-order chi connectivity index (χ1) is 12.0. The van der Waals surface area contributed by atoms with Crippen molar-refractivity contribution in [3.8, 4) is 0 Å². The van der Waals surface area contributed by atoms with Gasteiger partial charge in [-0.2, -0.15) is 0 Å². The van der Waals surface area contributed by atoms with E-state index in [1.54, 1.807) is 0 Å². The Morgan fingerprint density at radius 3 is 2.04 bits per heavy atom. The lowest BCUT2D eigenvalue weighted by atomic mass is 9.65. The predicted octanol–water partition coefficient (Wildman–Crippen LogP) is 4.38. The molecule has 2 amide bonds. The second kappa shape index (κ2) is 8.31. The lowest BCUT2D eigenvalue weighted by Gasteiger charge is -2.47. The van der Waals surface area contributed by atoms with Crippen LogP contribution in [0.4, 0.5) is 0 Å². The average Bonchev–Trinajstić information content (AvgIpc) is 2.54. The normalized spacial score (nSPS) is 21.5. The van der Waals surface area contributed by atoms with Crippen LogP contribution in [0.25, 0.3) is 0 Å². The molecule has 150 valence electrons. The lowest BCUT2D eigenvalue weighted by Crippen LogP contribution is -2.49.